The molecule has 0 spiro atoms. The van der Waals surface area contributed by atoms with Crippen molar-refractivity contribution in [3.05, 3.63) is 23.8 Å². The van der Waals surface area contributed by atoms with Crippen LogP contribution in [-0.4, -0.2) is 27.3 Å². The fraction of sp³-hybridized carbons (Fsp3) is 0.364. The van der Waals surface area contributed by atoms with E-state index in [1.165, 1.54) is 12.1 Å². The Balaban J connectivity index is 2.52. The van der Waals surface area contributed by atoms with Crippen LogP contribution in [0.1, 0.15) is 18.4 Å². The van der Waals surface area contributed by atoms with E-state index in [-0.39, 0.29) is 24.0 Å². The number of rotatable bonds is 5. The highest BCUT2D eigenvalue weighted by molar-refractivity contribution is 5.66. The summed E-state index contributed by atoms with van der Waals surface area (Å²) in [6.07, 6.45) is 0.892. The molecule has 0 aromatic heterocycles. The minimum Gasteiger partial charge on any atom is -0.504 e. The lowest BCUT2D eigenvalue weighted by Gasteiger charge is -2.10. The molecule has 16 heavy (non-hydrogen) atoms. The van der Waals surface area contributed by atoms with E-state index in [0.29, 0.717) is 12.8 Å². The summed E-state index contributed by atoms with van der Waals surface area (Å²) in [5, 5.41) is 26.8. The monoisotopic (exact) mass is 225 g/mol. The minimum absolute atomic E-state index is 0.0330. The molecule has 0 bridgehead atoms. The van der Waals surface area contributed by atoms with Gasteiger partial charge in [-0.25, -0.2) is 0 Å². The van der Waals surface area contributed by atoms with E-state index in [0.717, 1.165) is 5.56 Å². The van der Waals surface area contributed by atoms with E-state index in [2.05, 4.69) is 0 Å². The molecule has 1 atom stereocenters. The molecule has 0 aliphatic heterocycles. The SMILES string of the molecule is NC(CCC(=O)O)Cc1ccc(O)c(O)c1. The predicted octanol–water partition coefficient (Wildman–Crippen LogP) is 0.832. The Bertz CT molecular complexity index is 378. The molecular formula is C11H15NO4. The zero-order valence-corrected chi connectivity index (χ0v) is 8.76. The van der Waals surface area contributed by atoms with Crippen molar-refractivity contribution >= 4 is 5.97 Å². The molecule has 5 heteroatoms. The van der Waals surface area contributed by atoms with E-state index < -0.39 is 5.97 Å². The topological polar surface area (TPSA) is 104 Å². The predicted molar refractivity (Wildman–Crippen MR) is 58.3 cm³/mol. The Hall–Kier alpha value is -1.75. The van der Waals surface area contributed by atoms with Gasteiger partial charge in [-0.3, -0.25) is 4.79 Å². The summed E-state index contributed by atoms with van der Waals surface area (Å²) in [6.45, 7) is 0. The molecule has 1 unspecified atom stereocenters. The Kier molecular flexibility index (Phi) is 4.13. The highest BCUT2D eigenvalue weighted by Gasteiger charge is 2.08. The molecule has 5 nitrogen and oxygen atoms in total. The van der Waals surface area contributed by atoms with E-state index in [9.17, 15) is 9.90 Å². The Morgan fingerprint density at radius 1 is 1.31 bits per heavy atom. The highest BCUT2D eigenvalue weighted by atomic mass is 16.4. The lowest BCUT2D eigenvalue weighted by Crippen LogP contribution is -2.23. The van der Waals surface area contributed by atoms with Crippen molar-refractivity contribution in [2.45, 2.75) is 25.3 Å². The number of carboxylic acids is 1. The number of aromatic hydroxyl groups is 2. The molecule has 5 N–H and O–H groups in total. The Labute approximate surface area is 93.1 Å². The second-order valence-corrected chi connectivity index (χ2v) is 3.72. The molecule has 0 radical (unpaired) electrons. The van der Waals surface area contributed by atoms with Crippen LogP contribution in [0.3, 0.4) is 0 Å². The van der Waals surface area contributed by atoms with Crippen molar-refractivity contribution in [3.8, 4) is 11.5 Å². The molecule has 0 aliphatic carbocycles. The average molecular weight is 225 g/mol. The van der Waals surface area contributed by atoms with Crippen molar-refractivity contribution in [1.82, 2.24) is 0 Å². The van der Waals surface area contributed by atoms with Crippen LogP contribution in [0.25, 0.3) is 0 Å². The molecule has 0 aliphatic rings. The van der Waals surface area contributed by atoms with Crippen molar-refractivity contribution < 1.29 is 20.1 Å². The smallest absolute Gasteiger partial charge is 0.303 e. The maximum atomic E-state index is 10.3. The van der Waals surface area contributed by atoms with Crippen LogP contribution < -0.4 is 5.73 Å². The second-order valence-electron chi connectivity index (χ2n) is 3.72. The van der Waals surface area contributed by atoms with Crippen LogP contribution in [-0.2, 0) is 11.2 Å². The van der Waals surface area contributed by atoms with Gasteiger partial charge in [-0.05, 0) is 30.5 Å². The lowest BCUT2D eigenvalue weighted by atomic mass is 10.0. The van der Waals surface area contributed by atoms with Crippen LogP contribution in [0.15, 0.2) is 18.2 Å². The first-order valence-electron chi connectivity index (χ1n) is 4.97. The van der Waals surface area contributed by atoms with Gasteiger partial charge in [0.1, 0.15) is 0 Å². The third kappa shape index (κ3) is 3.78. The first-order chi connectivity index (χ1) is 7.49. The molecule has 0 fully saturated rings. The van der Waals surface area contributed by atoms with Gasteiger partial charge in [0.25, 0.3) is 0 Å². The zero-order chi connectivity index (χ0) is 12.1. The Morgan fingerprint density at radius 2 is 2.00 bits per heavy atom. The van der Waals surface area contributed by atoms with Crippen LogP contribution in [0.2, 0.25) is 0 Å². The van der Waals surface area contributed by atoms with Gasteiger partial charge in [-0.15, -0.1) is 0 Å². The third-order valence-electron chi connectivity index (χ3n) is 2.27. The van der Waals surface area contributed by atoms with Gasteiger partial charge in [0.15, 0.2) is 11.5 Å². The number of phenols is 2. The highest BCUT2D eigenvalue weighted by Crippen LogP contribution is 2.25. The lowest BCUT2D eigenvalue weighted by molar-refractivity contribution is -0.137. The van der Waals surface area contributed by atoms with Gasteiger partial charge in [-0.2, -0.15) is 0 Å². The third-order valence-corrected chi connectivity index (χ3v) is 2.27. The minimum atomic E-state index is -0.871. The average Bonchev–Trinajstić information content (AvgIpc) is 2.21. The summed E-state index contributed by atoms with van der Waals surface area (Å²) in [6, 6.07) is 4.19. The fourth-order valence-electron chi connectivity index (χ4n) is 1.41. The summed E-state index contributed by atoms with van der Waals surface area (Å²) in [5.41, 5.74) is 6.51. The first-order valence-corrected chi connectivity index (χ1v) is 4.97. The second kappa shape index (κ2) is 5.37. The van der Waals surface area contributed by atoms with Crippen LogP contribution in [0.4, 0.5) is 0 Å². The molecule has 1 aromatic rings. The van der Waals surface area contributed by atoms with Crippen molar-refractivity contribution in [1.29, 1.82) is 0 Å². The van der Waals surface area contributed by atoms with Crippen molar-refractivity contribution in [2.24, 2.45) is 5.73 Å². The summed E-state index contributed by atoms with van der Waals surface area (Å²) in [7, 11) is 0. The molecule has 88 valence electrons. The normalized spacial score (nSPS) is 12.3. The van der Waals surface area contributed by atoms with Gasteiger partial charge in [0.2, 0.25) is 0 Å². The summed E-state index contributed by atoms with van der Waals surface area (Å²) in [5.74, 6) is -1.24. The van der Waals surface area contributed by atoms with Crippen molar-refractivity contribution in [2.75, 3.05) is 0 Å². The fourth-order valence-corrected chi connectivity index (χ4v) is 1.41. The molecule has 0 amide bonds. The summed E-state index contributed by atoms with van der Waals surface area (Å²) in [4.78, 5) is 10.3. The van der Waals surface area contributed by atoms with Crippen LogP contribution in [0.5, 0.6) is 11.5 Å². The maximum Gasteiger partial charge on any atom is 0.303 e. The van der Waals surface area contributed by atoms with E-state index in [1.54, 1.807) is 6.07 Å². The molecule has 0 saturated carbocycles. The largest absolute Gasteiger partial charge is 0.504 e. The van der Waals surface area contributed by atoms with Gasteiger partial charge < -0.3 is 21.1 Å². The van der Waals surface area contributed by atoms with Gasteiger partial charge >= 0.3 is 5.97 Å². The maximum absolute atomic E-state index is 10.3. The van der Waals surface area contributed by atoms with Gasteiger partial charge in [0, 0.05) is 12.5 Å². The number of aliphatic carboxylic acids is 1. The number of hydrogen-bond acceptors (Lipinski definition) is 4. The van der Waals surface area contributed by atoms with Crippen LogP contribution >= 0.6 is 0 Å². The van der Waals surface area contributed by atoms with E-state index in [1.807, 2.05) is 0 Å². The summed E-state index contributed by atoms with van der Waals surface area (Å²) < 4.78 is 0. The molecule has 1 rings (SSSR count). The van der Waals surface area contributed by atoms with Crippen molar-refractivity contribution in [3.63, 3.8) is 0 Å². The number of carboxylic acid groups (broad SMARTS) is 1. The number of nitrogens with two attached hydrogens (primary N) is 1. The van der Waals surface area contributed by atoms with Gasteiger partial charge in [0.05, 0.1) is 0 Å². The van der Waals surface area contributed by atoms with Gasteiger partial charge in [-0.1, -0.05) is 6.07 Å². The number of hydrogen-bond donors (Lipinski definition) is 4. The molecular weight excluding hydrogens is 210 g/mol. The number of benzene rings is 1. The molecule has 0 saturated heterocycles. The van der Waals surface area contributed by atoms with Crippen LogP contribution in [0, 0.1) is 0 Å². The standard InChI is InChI=1S/C11H15NO4/c12-8(2-4-11(15)16)5-7-1-3-9(13)10(14)6-7/h1,3,6,8,13-14H,2,4-5,12H2,(H,15,16). The molecule has 0 heterocycles. The number of carbonyl (C=O) groups is 1. The zero-order valence-electron chi connectivity index (χ0n) is 8.76. The molecule has 1 aromatic carbocycles. The number of phenolic OH excluding ortho intramolecular Hbond substituents is 2. The first kappa shape index (κ1) is 12.3. The van der Waals surface area contributed by atoms with E-state index in [4.69, 9.17) is 15.9 Å². The quantitative estimate of drug-likeness (QED) is 0.556. The Morgan fingerprint density at radius 3 is 2.56 bits per heavy atom. The van der Waals surface area contributed by atoms with E-state index >= 15 is 0 Å². The summed E-state index contributed by atoms with van der Waals surface area (Å²) >= 11 is 0.